The minimum atomic E-state index is -0.0648. The Kier molecular flexibility index (Phi) is 2.93. The summed E-state index contributed by atoms with van der Waals surface area (Å²) >= 11 is 0. The van der Waals surface area contributed by atoms with Crippen LogP contribution in [0.25, 0.3) is 71.0 Å². The van der Waals surface area contributed by atoms with E-state index in [1.807, 2.05) is 0 Å². The predicted octanol–water partition coefficient (Wildman–Crippen LogP) is 8.78. The first-order valence-corrected chi connectivity index (χ1v) is 12.4. The molecule has 0 spiro atoms. The van der Waals surface area contributed by atoms with Crippen LogP contribution in [-0.2, 0) is 5.41 Å². The van der Waals surface area contributed by atoms with E-state index in [1.165, 1.54) is 82.2 Å². The number of fused-ring (bicyclic) bond motifs is 9. The van der Waals surface area contributed by atoms with Crippen LogP contribution in [0.5, 0.6) is 0 Å². The molecule has 0 saturated carbocycles. The summed E-state index contributed by atoms with van der Waals surface area (Å²) in [7, 11) is 0. The zero-order valence-electron chi connectivity index (χ0n) is 19.6. The summed E-state index contributed by atoms with van der Waals surface area (Å²) in [6, 6.07) is 33.8. The Morgan fingerprint density at radius 3 is 2.26 bits per heavy atom. The molecular formula is C33H22N2. The summed E-state index contributed by atoms with van der Waals surface area (Å²) < 4.78 is 2.54. The average molecular weight is 447 g/mol. The minimum absolute atomic E-state index is 0.0648. The highest BCUT2D eigenvalue weighted by Crippen LogP contribution is 2.54. The molecule has 2 nitrogen and oxygen atoms in total. The zero-order valence-corrected chi connectivity index (χ0v) is 19.6. The number of rotatable bonds is 0. The molecule has 1 aliphatic rings. The highest BCUT2D eigenvalue weighted by molar-refractivity contribution is 6.32. The molecule has 35 heavy (non-hydrogen) atoms. The zero-order chi connectivity index (χ0) is 23.1. The fraction of sp³-hybridized carbons (Fsp3) is 0.0909. The molecule has 164 valence electrons. The van der Waals surface area contributed by atoms with Crippen LogP contribution >= 0.6 is 0 Å². The van der Waals surface area contributed by atoms with Gasteiger partial charge in [-0.2, -0.15) is 0 Å². The van der Waals surface area contributed by atoms with Crippen LogP contribution in [0.15, 0.2) is 91.0 Å². The number of nitrogens with one attached hydrogen (secondary N) is 1. The van der Waals surface area contributed by atoms with E-state index in [-0.39, 0.29) is 5.41 Å². The van der Waals surface area contributed by atoms with Gasteiger partial charge < -0.3 is 9.38 Å². The van der Waals surface area contributed by atoms with E-state index in [0.29, 0.717) is 0 Å². The standard InChI is InChI=1S/C33H22N2/c1-33(2)23-14-5-3-10-22(23)28-24(33)17-27-30-29-19(11-8-15-25(29)34-31(28)30)21-13-7-12-20-18-9-4-6-16-26(18)35(27)32(20)21/h3-17,34H,1-2H3. The van der Waals surface area contributed by atoms with Gasteiger partial charge in [-0.15, -0.1) is 0 Å². The fourth-order valence-electron chi connectivity index (χ4n) is 7.16. The van der Waals surface area contributed by atoms with Crippen LogP contribution in [0.1, 0.15) is 25.0 Å². The lowest BCUT2D eigenvalue weighted by Gasteiger charge is -2.21. The van der Waals surface area contributed by atoms with E-state index in [9.17, 15) is 0 Å². The molecule has 5 aromatic carbocycles. The summed E-state index contributed by atoms with van der Waals surface area (Å²) in [5, 5.41) is 7.92. The summed E-state index contributed by atoms with van der Waals surface area (Å²) in [4.78, 5) is 3.90. The molecule has 0 atom stereocenters. The van der Waals surface area contributed by atoms with E-state index in [2.05, 4.69) is 114 Å². The van der Waals surface area contributed by atoms with Gasteiger partial charge >= 0.3 is 0 Å². The molecule has 0 fully saturated rings. The molecule has 3 aromatic heterocycles. The largest absolute Gasteiger partial charge is 0.354 e. The van der Waals surface area contributed by atoms with Gasteiger partial charge in [0.2, 0.25) is 0 Å². The second-order valence-electron chi connectivity index (χ2n) is 10.6. The number of aromatic amines is 1. The summed E-state index contributed by atoms with van der Waals surface area (Å²) in [5.41, 5.74) is 11.8. The minimum Gasteiger partial charge on any atom is -0.354 e. The second-order valence-corrected chi connectivity index (χ2v) is 10.6. The Morgan fingerprint density at radius 2 is 1.34 bits per heavy atom. The van der Waals surface area contributed by atoms with Crippen LogP contribution in [0.4, 0.5) is 0 Å². The maximum atomic E-state index is 3.90. The van der Waals surface area contributed by atoms with Gasteiger partial charge in [-0.05, 0) is 40.3 Å². The molecule has 0 bridgehead atoms. The lowest BCUT2D eigenvalue weighted by Crippen LogP contribution is -2.15. The Morgan fingerprint density at radius 1 is 0.629 bits per heavy atom. The Hall–Kier alpha value is -4.30. The number of H-pyrrole nitrogens is 1. The molecule has 0 saturated heterocycles. The molecule has 1 N–H and O–H groups in total. The van der Waals surface area contributed by atoms with E-state index in [0.717, 1.165) is 0 Å². The van der Waals surface area contributed by atoms with Crippen molar-refractivity contribution in [3.8, 4) is 11.1 Å². The second kappa shape index (κ2) is 5.67. The van der Waals surface area contributed by atoms with Crippen molar-refractivity contribution in [2.75, 3.05) is 0 Å². The maximum absolute atomic E-state index is 3.90. The third kappa shape index (κ3) is 1.89. The quantitative estimate of drug-likeness (QED) is 0.240. The number of hydrogen-bond acceptors (Lipinski definition) is 0. The van der Waals surface area contributed by atoms with Gasteiger partial charge in [-0.1, -0.05) is 86.6 Å². The molecule has 0 amide bonds. The number of benzene rings is 5. The molecule has 8 aromatic rings. The molecule has 1 aliphatic carbocycles. The number of aromatic nitrogens is 2. The Balaban J connectivity index is 1.71. The van der Waals surface area contributed by atoms with Crippen molar-refractivity contribution in [2.24, 2.45) is 0 Å². The van der Waals surface area contributed by atoms with E-state index < -0.39 is 0 Å². The van der Waals surface area contributed by atoms with Crippen molar-refractivity contribution in [1.82, 2.24) is 9.38 Å². The van der Waals surface area contributed by atoms with Crippen LogP contribution in [-0.4, -0.2) is 9.38 Å². The highest BCUT2D eigenvalue weighted by Gasteiger charge is 2.38. The molecule has 0 unspecified atom stereocenters. The van der Waals surface area contributed by atoms with Crippen molar-refractivity contribution in [3.63, 3.8) is 0 Å². The van der Waals surface area contributed by atoms with Gasteiger partial charge in [-0.3, -0.25) is 0 Å². The first-order valence-electron chi connectivity index (χ1n) is 12.4. The van der Waals surface area contributed by atoms with Crippen LogP contribution in [0.3, 0.4) is 0 Å². The van der Waals surface area contributed by atoms with Gasteiger partial charge in [0.25, 0.3) is 0 Å². The lowest BCUT2D eigenvalue weighted by atomic mass is 9.82. The van der Waals surface area contributed by atoms with Crippen molar-refractivity contribution >= 4 is 59.9 Å². The Bertz CT molecular complexity index is 2190. The summed E-state index contributed by atoms with van der Waals surface area (Å²) in [5.74, 6) is 0. The normalized spacial score (nSPS) is 14.8. The average Bonchev–Trinajstić information content (AvgIpc) is 3.47. The van der Waals surface area contributed by atoms with Crippen LogP contribution < -0.4 is 0 Å². The third-order valence-corrected chi connectivity index (χ3v) is 8.65. The van der Waals surface area contributed by atoms with E-state index in [1.54, 1.807) is 0 Å². The van der Waals surface area contributed by atoms with Crippen molar-refractivity contribution in [2.45, 2.75) is 19.3 Å². The highest BCUT2D eigenvalue weighted by atomic mass is 14.9. The molecule has 3 heterocycles. The van der Waals surface area contributed by atoms with Gasteiger partial charge in [0, 0.05) is 43.4 Å². The first kappa shape index (κ1) is 18.1. The SMILES string of the molecule is CC1(C)c2ccccc2-c2c1cc1c3c2[nH]c2cccc(c4cccc5c6ccccc6n1c45)c23. The summed E-state index contributed by atoms with van der Waals surface area (Å²) in [6.45, 7) is 4.75. The monoisotopic (exact) mass is 446 g/mol. The smallest absolute Gasteiger partial charge is 0.0619 e. The number of para-hydroxylation sites is 2. The summed E-state index contributed by atoms with van der Waals surface area (Å²) in [6.07, 6.45) is 0. The molecular weight excluding hydrogens is 424 g/mol. The van der Waals surface area contributed by atoms with Crippen molar-refractivity contribution in [3.05, 3.63) is 102 Å². The maximum Gasteiger partial charge on any atom is 0.0619 e. The molecule has 9 rings (SSSR count). The van der Waals surface area contributed by atoms with Crippen LogP contribution in [0, 0.1) is 0 Å². The lowest BCUT2D eigenvalue weighted by molar-refractivity contribution is 0.661. The van der Waals surface area contributed by atoms with E-state index in [4.69, 9.17) is 0 Å². The van der Waals surface area contributed by atoms with Gasteiger partial charge in [-0.25, -0.2) is 0 Å². The molecule has 2 heteroatoms. The van der Waals surface area contributed by atoms with E-state index >= 15 is 0 Å². The predicted molar refractivity (Wildman–Crippen MR) is 148 cm³/mol. The molecule has 0 aliphatic heterocycles. The van der Waals surface area contributed by atoms with Gasteiger partial charge in [0.05, 0.1) is 22.1 Å². The Labute approximate surface area is 201 Å². The van der Waals surface area contributed by atoms with Crippen LogP contribution in [0.2, 0.25) is 0 Å². The molecule has 0 radical (unpaired) electrons. The van der Waals surface area contributed by atoms with Crippen molar-refractivity contribution < 1.29 is 0 Å². The fourth-order valence-corrected chi connectivity index (χ4v) is 7.16. The first-order chi connectivity index (χ1) is 17.1. The van der Waals surface area contributed by atoms with Gasteiger partial charge in [0.1, 0.15) is 0 Å². The topological polar surface area (TPSA) is 20.2 Å². The van der Waals surface area contributed by atoms with Gasteiger partial charge in [0.15, 0.2) is 0 Å². The number of hydrogen-bond donors (Lipinski definition) is 1. The number of nitrogens with zero attached hydrogens (tertiary/aromatic N) is 1. The third-order valence-electron chi connectivity index (χ3n) is 8.65. The van der Waals surface area contributed by atoms with Crippen molar-refractivity contribution in [1.29, 1.82) is 0 Å².